The van der Waals surface area contributed by atoms with Crippen LogP contribution in [0.1, 0.15) is 24.1 Å². The molecule has 2 aromatic rings. The lowest BCUT2D eigenvalue weighted by Gasteiger charge is -2.10. The van der Waals surface area contributed by atoms with Crippen LogP contribution in [-0.4, -0.2) is 21.2 Å². The van der Waals surface area contributed by atoms with Crippen LogP contribution in [0.2, 0.25) is 0 Å². The molecular weight excluding hydrogens is 216 g/mol. The van der Waals surface area contributed by atoms with Crippen LogP contribution < -0.4 is 5.32 Å². The molecule has 0 fully saturated rings. The first-order valence-corrected chi connectivity index (χ1v) is 5.38. The molecule has 0 spiro atoms. The molecule has 2 aromatic heterocycles. The second-order valence-corrected chi connectivity index (χ2v) is 3.92. The molecule has 0 radical (unpaired) electrons. The molecule has 2 heterocycles. The van der Waals surface area contributed by atoms with E-state index in [9.17, 15) is 4.79 Å². The third-order valence-electron chi connectivity index (χ3n) is 2.54. The summed E-state index contributed by atoms with van der Waals surface area (Å²) in [5.74, 6) is 0.764. The number of carbonyl (C=O) groups excluding carboxylic acids is 1. The van der Waals surface area contributed by atoms with E-state index in [1.807, 2.05) is 32.2 Å². The van der Waals surface area contributed by atoms with Gasteiger partial charge in [0.2, 0.25) is 6.41 Å². The van der Waals surface area contributed by atoms with E-state index in [1.54, 1.807) is 17.1 Å². The van der Waals surface area contributed by atoms with E-state index in [0.717, 1.165) is 16.9 Å². The van der Waals surface area contributed by atoms with Crippen molar-refractivity contribution in [3.05, 3.63) is 41.9 Å². The first kappa shape index (κ1) is 11.3. The number of nitrogens with one attached hydrogen (secondary N) is 1. The van der Waals surface area contributed by atoms with Gasteiger partial charge in [0.05, 0.1) is 12.2 Å². The molecule has 0 aliphatic carbocycles. The Labute approximate surface area is 99.5 Å². The van der Waals surface area contributed by atoms with E-state index < -0.39 is 0 Å². The predicted octanol–water partition coefficient (Wildman–Crippen LogP) is 1.38. The Kier molecular flexibility index (Phi) is 3.18. The van der Waals surface area contributed by atoms with Gasteiger partial charge in [0.25, 0.3) is 0 Å². The Morgan fingerprint density at radius 1 is 1.41 bits per heavy atom. The third kappa shape index (κ3) is 2.50. The number of aromatic nitrogens is 3. The molecule has 0 bridgehead atoms. The van der Waals surface area contributed by atoms with Gasteiger partial charge in [-0.1, -0.05) is 6.07 Å². The fourth-order valence-electron chi connectivity index (χ4n) is 1.53. The summed E-state index contributed by atoms with van der Waals surface area (Å²) < 4.78 is 1.72. The van der Waals surface area contributed by atoms with Gasteiger partial charge in [0.1, 0.15) is 0 Å². The summed E-state index contributed by atoms with van der Waals surface area (Å²) in [6.07, 6.45) is 6.13. The van der Waals surface area contributed by atoms with Gasteiger partial charge in [-0.05, 0) is 31.0 Å². The number of nitrogens with zero attached hydrogens (tertiary/aromatic N) is 3. The molecule has 1 amide bonds. The summed E-state index contributed by atoms with van der Waals surface area (Å²) in [4.78, 5) is 14.6. The fourth-order valence-corrected chi connectivity index (χ4v) is 1.53. The maximum atomic E-state index is 10.3. The van der Waals surface area contributed by atoms with Gasteiger partial charge in [0.15, 0.2) is 5.82 Å². The van der Waals surface area contributed by atoms with Gasteiger partial charge in [-0.2, -0.15) is 5.10 Å². The minimum absolute atomic E-state index is 0.0339. The summed E-state index contributed by atoms with van der Waals surface area (Å²) >= 11 is 0. The van der Waals surface area contributed by atoms with Crippen LogP contribution in [0, 0.1) is 6.92 Å². The number of pyridine rings is 1. The van der Waals surface area contributed by atoms with E-state index in [2.05, 4.69) is 15.4 Å². The molecule has 88 valence electrons. The van der Waals surface area contributed by atoms with Gasteiger partial charge in [-0.25, -0.2) is 9.67 Å². The number of carbonyl (C=O) groups is 1. The highest BCUT2D eigenvalue weighted by molar-refractivity contribution is 5.47. The average molecular weight is 230 g/mol. The molecular formula is C12H14N4O. The molecule has 0 unspecified atom stereocenters. The van der Waals surface area contributed by atoms with Crippen molar-refractivity contribution in [3.8, 4) is 5.82 Å². The topological polar surface area (TPSA) is 59.8 Å². The van der Waals surface area contributed by atoms with Crippen molar-refractivity contribution in [3.63, 3.8) is 0 Å². The van der Waals surface area contributed by atoms with Crippen molar-refractivity contribution in [2.75, 3.05) is 0 Å². The zero-order valence-electron chi connectivity index (χ0n) is 9.79. The normalized spacial score (nSPS) is 12.1. The maximum absolute atomic E-state index is 10.3. The number of amides is 1. The quantitative estimate of drug-likeness (QED) is 0.807. The van der Waals surface area contributed by atoms with Crippen LogP contribution >= 0.6 is 0 Å². The summed E-state index contributed by atoms with van der Waals surface area (Å²) in [7, 11) is 0. The second kappa shape index (κ2) is 4.78. The smallest absolute Gasteiger partial charge is 0.207 e. The highest BCUT2D eigenvalue weighted by Crippen LogP contribution is 2.12. The number of aryl methyl sites for hydroxylation is 1. The van der Waals surface area contributed by atoms with E-state index in [4.69, 9.17) is 0 Å². The van der Waals surface area contributed by atoms with Gasteiger partial charge in [0, 0.05) is 12.4 Å². The zero-order valence-corrected chi connectivity index (χ0v) is 9.79. The Balaban J connectivity index is 2.21. The van der Waals surface area contributed by atoms with Crippen LogP contribution in [0.25, 0.3) is 5.82 Å². The summed E-state index contributed by atoms with van der Waals surface area (Å²) in [6.45, 7) is 3.89. The minimum Gasteiger partial charge on any atom is -0.352 e. The van der Waals surface area contributed by atoms with Gasteiger partial charge >= 0.3 is 0 Å². The molecule has 0 aliphatic heterocycles. The van der Waals surface area contributed by atoms with E-state index in [0.29, 0.717) is 6.41 Å². The highest BCUT2D eigenvalue weighted by Gasteiger charge is 2.05. The average Bonchev–Trinajstić information content (AvgIpc) is 2.76. The van der Waals surface area contributed by atoms with Crippen molar-refractivity contribution in [2.24, 2.45) is 0 Å². The lowest BCUT2D eigenvalue weighted by molar-refractivity contribution is -0.110. The SMILES string of the molecule is Cc1cnn(-c2ccc([C@H](C)NC=O)cn2)c1. The maximum Gasteiger partial charge on any atom is 0.207 e. The van der Waals surface area contributed by atoms with Crippen LogP contribution in [0.5, 0.6) is 0 Å². The van der Waals surface area contributed by atoms with Crippen molar-refractivity contribution in [1.29, 1.82) is 0 Å². The highest BCUT2D eigenvalue weighted by atomic mass is 16.1. The fraction of sp³-hybridized carbons (Fsp3) is 0.250. The Bertz CT molecular complexity index is 503. The van der Waals surface area contributed by atoms with Crippen LogP contribution in [0.3, 0.4) is 0 Å². The van der Waals surface area contributed by atoms with E-state index >= 15 is 0 Å². The molecule has 0 aromatic carbocycles. The summed E-state index contributed by atoms with van der Waals surface area (Å²) in [5.41, 5.74) is 2.05. The standard InChI is InChI=1S/C12H14N4O/c1-9-5-15-16(7-9)12-4-3-11(6-13-12)10(2)14-8-17/h3-8,10H,1-2H3,(H,14,17)/t10-/m0/s1. The van der Waals surface area contributed by atoms with Crippen LogP contribution in [0.15, 0.2) is 30.7 Å². The first-order chi connectivity index (χ1) is 8.20. The molecule has 5 heteroatoms. The van der Waals surface area contributed by atoms with Crippen molar-refractivity contribution in [2.45, 2.75) is 19.9 Å². The van der Waals surface area contributed by atoms with E-state index in [1.165, 1.54) is 0 Å². The third-order valence-corrected chi connectivity index (χ3v) is 2.54. The Hall–Kier alpha value is -2.17. The molecule has 17 heavy (non-hydrogen) atoms. The number of hydrogen-bond acceptors (Lipinski definition) is 3. The summed E-state index contributed by atoms with van der Waals surface area (Å²) in [5, 5.41) is 6.86. The second-order valence-electron chi connectivity index (χ2n) is 3.92. The molecule has 1 N–H and O–H groups in total. The van der Waals surface area contributed by atoms with Crippen molar-refractivity contribution in [1.82, 2.24) is 20.1 Å². The largest absolute Gasteiger partial charge is 0.352 e. The van der Waals surface area contributed by atoms with Crippen molar-refractivity contribution >= 4 is 6.41 Å². The molecule has 0 aliphatic rings. The summed E-state index contributed by atoms with van der Waals surface area (Å²) in [6, 6.07) is 3.78. The molecule has 5 nitrogen and oxygen atoms in total. The molecule has 0 saturated carbocycles. The van der Waals surface area contributed by atoms with E-state index in [-0.39, 0.29) is 6.04 Å². The number of rotatable bonds is 4. The van der Waals surface area contributed by atoms with Crippen molar-refractivity contribution < 1.29 is 4.79 Å². The minimum atomic E-state index is -0.0339. The monoisotopic (exact) mass is 230 g/mol. The van der Waals surface area contributed by atoms with Gasteiger partial charge in [-0.15, -0.1) is 0 Å². The first-order valence-electron chi connectivity index (χ1n) is 5.38. The Morgan fingerprint density at radius 2 is 2.24 bits per heavy atom. The molecule has 2 rings (SSSR count). The van der Waals surface area contributed by atoms with Gasteiger partial charge in [-0.3, -0.25) is 4.79 Å². The van der Waals surface area contributed by atoms with Crippen LogP contribution in [-0.2, 0) is 4.79 Å². The Morgan fingerprint density at radius 3 is 2.76 bits per heavy atom. The lowest BCUT2D eigenvalue weighted by atomic mass is 10.1. The predicted molar refractivity (Wildman–Crippen MR) is 63.7 cm³/mol. The lowest BCUT2D eigenvalue weighted by Crippen LogP contribution is -2.16. The zero-order chi connectivity index (χ0) is 12.3. The van der Waals surface area contributed by atoms with Gasteiger partial charge < -0.3 is 5.32 Å². The number of hydrogen-bond donors (Lipinski definition) is 1. The molecule has 1 atom stereocenters. The van der Waals surface area contributed by atoms with Crippen LogP contribution in [0.4, 0.5) is 0 Å². The molecule has 0 saturated heterocycles.